The van der Waals surface area contributed by atoms with Gasteiger partial charge in [0.15, 0.2) is 17.0 Å². The fourth-order valence-corrected chi connectivity index (χ4v) is 16.1. The van der Waals surface area contributed by atoms with Gasteiger partial charge in [0.1, 0.15) is 53.5 Å². The fourth-order valence-electron chi connectivity index (χ4n) is 16.1. The highest BCUT2D eigenvalue weighted by Gasteiger charge is 2.53. The molecule has 0 spiro atoms. The molecule has 1 saturated carbocycles. The lowest BCUT2D eigenvalue weighted by Gasteiger charge is -2.42. The third-order valence-corrected chi connectivity index (χ3v) is 23.3. The molecule has 15 atom stereocenters. The summed E-state index contributed by atoms with van der Waals surface area (Å²) in [6.07, 6.45) is 18.5. The largest absolute Gasteiger partial charge is 0.459 e. The number of benzene rings is 1. The number of carbonyl (C=O) groups excluding carboxylic acids is 7. The number of methoxy groups -OCH3 is 3. The predicted octanol–water partition coefficient (Wildman–Crippen LogP) is 7.57. The van der Waals surface area contributed by atoms with Crippen molar-refractivity contribution in [3.05, 3.63) is 84.0 Å². The van der Waals surface area contributed by atoms with Crippen molar-refractivity contribution in [3.63, 3.8) is 0 Å². The van der Waals surface area contributed by atoms with Crippen LogP contribution in [0.15, 0.2) is 82.7 Å². The minimum Gasteiger partial charge on any atom is -0.459 e. The number of nitrogens with one attached hydrogen (secondary N) is 2. The number of aliphatic hydroxyl groups is 2. The SMILES string of the molecule is COC1C[C@@H]2CC[C@@H](C)[C@@](O)(O2)C(=O)C(=O)N2CCCCC2C(=O)OC([C@H](N)CC2CCC(OCCCCc3cn(CCOCCOCCOCCOCCNC(=O)CCCC(=O)NCCCCn4nc(-c5ccc6oc(N)nc6c5)c5c(N)ncnc54)nn3)[C@H](OC)C2)CC(=O)C(C)/C=C(\C)C(O)[C@@H](OC)C(=O)C(C)CC(C)/C=C/C=C/C=C/1C. The number of cyclic esters (lactones) is 1. The third-order valence-electron chi connectivity index (χ3n) is 23.3. The van der Waals surface area contributed by atoms with Crippen LogP contribution in [0.3, 0.4) is 0 Å². The van der Waals surface area contributed by atoms with Crippen molar-refractivity contribution in [2.24, 2.45) is 35.3 Å². The van der Waals surface area contributed by atoms with Crippen molar-refractivity contribution in [2.75, 3.05) is 112 Å². The van der Waals surface area contributed by atoms with Crippen LogP contribution in [0.2, 0.25) is 0 Å². The van der Waals surface area contributed by atoms with Crippen molar-refractivity contribution < 1.29 is 95.6 Å². The molecule has 3 aliphatic heterocycles. The average molecular weight is 1690 g/mol. The number of amides is 3. The number of carbonyl (C=O) groups is 7. The number of hydrogen-bond acceptors (Lipinski definition) is 29. The number of fused-ring (bicyclic) bond motifs is 5. The second-order valence-electron chi connectivity index (χ2n) is 32.5. The second-order valence-corrected chi connectivity index (χ2v) is 32.5. The van der Waals surface area contributed by atoms with Gasteiger partial charge >= 0.3 is 5.97 Å². The number of nitrogen functional groups attached to an aromatic ring is 2. The summed E-state index contributed by atoms with van der Waals surface area (Å²) < 4.78 is 68.1. The number of oxazole rings is 1. The molecular formula is C87H130N14O20. The van der Waals surface area contributed by atoms with Crippen molar-refractivity contribution in [1.29, 1.82) is 0 Å². The quantitative estimate of drug-likeness (QED) is 0.00871. The van der Waals surface area contributed by atoms with Crippen LogP contribution >= 0.6 is 0 Å². The molecule has 4 aromatic heterocycles. The van der Waals surface area contributed by atoms with Gasteiger partial charge in [0.25, 0.3) is 17.7 Å². The number of anilines is 2. The summed E-state index contributed by atoms with van der Waals surface area (Å²) in [5, 5.41) is 43.6. The van der Waals surface area contributed by atoms with Crippen molar-refractivity contribution in [3.8, 4) is 11.3 Å². The summed E-state index contributed by atoms with van der Waals surface area (Å²) in [5.41, 5.74) is 24.3. The summed E-state index contributed by atoms with van der Waals surface area (Å²) in [7, 11) is 4.59. The molecule has 9 unspecified atom stereocenters. The molecule has 9 rings (SSSR count). The molecule has 1 aromatic carbocycles. The van der Waals surface area contributed by atoms with E-state index in [1.807, 2.05) is 62.6 Å². The number of hydrogen-bond donors (Lipinski definition) is 7. The molecule has 34 heteroatoms. The molecule has 10 N–H and O–H groups in total. The van der Waals surface area contributed by atoms with Crippen LogP contribution in [0, 0.1) is 29.6 Å². The monoisotopic (exact) mass is 1690 g/mol. The number of piperidine rings is 1. The number of ether oxygens (including phenoxy) is 10. The number of rotatable bonds is 37. The summed E-state index contributed by atoms with van der Waals surface area (Å²) in [5.74, 6) is -8.28. The van der Waals surface area contributed by atoms with E-state index in [0.717, 1.165) is 34.6 Å². The van der Waals surface area contributed by atoms with Gasteiger partial charge in [-0.2, -0.15) is 10.1 Å². The van der Waals surface area contributed by atoms with Crippen molar-refractivity contribution >= 4 is 75.0 Å². The molecule has 7 heterocycles. The minimum atomic E-state index is -2.48. The Bertz CT molecular complexity index is 4280. The number of unbranched alkanes of at least 4 members (excludes halogenated alkanes) is 2. The van der Waals surface area contributed by atoms with Gasteiger partial charge in [0, 0.05) is 115 Å². The first-order valence-electron chi connectivity index (χ1n) is 43.0. The molecule has 1 aliphatic carbocycles. The van der Waals surface area contributed by atoms with E-state index in [1.165, 1.54) is 13.4 Å². The van der Waals surface area contributed by atoms with Crippen LogP contribution in [0.4, 0.5) is 11.8 Å². The van der Waals surface area contributed by atoms with Gasteiger partial charge in [-0.15, -0.1) is 5.10 Å². The number of nitrogens with zero attached hydrogens (tertiary/aromatic N) is 9. The first-order valence-corrected chi connectivity index (χ1v) is 43.0. The summed E-state index contributed by atoms with van der Waals surface area (Å²) in [6.45, 7) is 16.1. The van der Waals surface area contributed by atoms with Gasteiger partial charge in [-0.25, -0.2) is 24.1 Å². The number of aromatic nitrogens is 8. The average Bonchev–Trinajstić information content (AvgIpc) is 1.72. The maximum absolute atomic E-state index is 14.7. The zero-order chi connectivity index (χ0) is 87.0. The zero-order valence-corrected chi connectivity index (χ0v) is 72.0. The molecule has 121 heavy (non-hydrogen) atoms. The Morgan fingerprint density at radius 3 is 2.22 bits per heavy atom. The standard InChI is InChI=1S/C87H130N14O20/c1-55-20-11-10-12-21-56(2)71(111-7)51-64-29-26-60(6)87(110,121-64)81(107)84(108)100-34-16-13-23-67(100)85(109)119-72(52-68(102)57(3)47-59(5)79(106)80(113-9)78(105)58(4)46-55)65(88)48-61-27-30-70(73(49-61)112-8)118-37-18-14-22-63-53-99(98-96-63)36-39-115-41-43-117-45-44-116-42-40-114-38-33-92-75(104)25-19-24-74(103)91-32-15-17-35-101-83-76(82(89)93-54-94-83)77(97-101)62-28-31-69-66(50-62)95-86(90)120-69/h10-12,20-21,28,31,47,50,53-55,57-58,60-61,64-65,67,70-73,79-80,106,110H,13-19,22-27,29-30,32-46,48-49,51-52,88H2,1-9H3,(H2,90,95)(H,91,103)(H,92,104)(H2,89,93,94)/b12-10+,20-11+,56-21+,59-47+/t55?,57?,58?,60-,61?,64+,65-,67?,70?,71?,72?,73-,79?,80+,87-/m1/s1. The van der Waals surface area contributed by atoms with E-state index < -0.39 is 83.8 Å². The van der Waals surface area contributed by atoms with Gasteiger partial charge in [-0.3, -0.25) is 28.8 Å². The zero-order valence-electron chi connectivity index (χ0n) is 72.0. The van der Waals surface area contributed by atoms with Gasteiger partial charge in [0.05, 0.1) is 94.9 Å². The lowest BCUT2D eigenvalue weighted by Crippen LogP contribution is -2.61. The molecule has 4 aliphatic rings. The molecule has 2 bridgehead atoms. The van der Waals surface area contributed by atoms with Crippen molar-refractivity contribution in [2.45, 2.75) is 244 Å². The Morgan fingerprint density at radius 2 is 1.49 bits per heavy atom. The maximum atomic E-state index is 14.7. The molecule has 3 fully saturated rings. The number of ketones is 3. The summed E-state index contributed by atoms with van der Waals surface area (Å²) in [6, 6.07) is 3.43. The Hall–Kier alpha value is -8.65. The van der Waals surface area contributed by atoms with Gasteiger partial charge in [-0.1, -0.05) is 69.4 Å². The number of aliphatic hydroxyl groups excluding tert-OH is 1. The topological polar surface area (TPSA) is 458 Å². The van der Waals surface area contributed by atoms with Gasteiger partial charge in [-0.05, 0) is 158 Å². The molecule has 668 valence electrons. The lowest BCUT2D eigenvalue weighted by molar-refractivity contribution is -0.265. The van der Waals surface area contributed by atoms with Crippen LogP contribution in [-0.2, 0) is 100 Å². The number of aryl methyl sites for hydroxylation is 2. The number of Topliss-reactive ketones (excluding diaryl/α,β-unsaturated/α-hetero) is 3. The van der Waals surface area contributed by atoms with Crippen molar-refractivity contribution in [1.82, 2.24) is 55.3 Å². The second kappa shape index (κ2) is 49.0. The van der Waals surface area contributed by atoms with E-state index in [9.17, 15) is 43.8 Å². The number of allylic oxidation sites excluding steroid dienone is 6. The third kappa shape index (κ3) is 28.7. The Morgan fingerprint density at radius 1 is 0.752 bits per heavy atom. The first kappa shape index (κ1) is 96.2. The highest BCUT2D eigenvalue weighted by Crippen LogP contribution is 2.39. The molecule has 3 amide bonds. The van der Waals surface area contributed by atoms with Crippen LogP contribution in [-0.4, -0.2) is 257 Å². The lowest BCUT2D eigenvalue weighted by atomic mass is 9.80. The maximum Gasteiger partial charge on any atom is 0.329 e. The van der Waals surface area contributed by atoms with E-state index in [4.69, 9.17) is 74.1 Å². The van der Waals surface area contributed by atoms with Gasteiger partial charge < -0.3 is 94.7 Å². The van der Waals surface area contributed by atoms with E-state index in [1.54, 1.807) is 63.4 Å². The predicted molar refractivity (Wildman–Crippen MR) is 450 cm³/mol. The molecule has 34 nitrogen and oxygen atoms in total. The van der Waals surface area contributed by atoms with E-state index in [-0.39, 0.29) is 92.1 Å². The van der Waals surface area contributed by atoms with E-state index in [2.05, 4.69) is 35.9 Å². The van der Waals surface area contributed by atoms with Crippen LogP contribution < -0.4 is 27.8 Å². The Labute approximate surface area is 708 Å². The normalized spacial score (nSPS) is 27.2. The molecule has 2 saturated heterocycles. The highest BCUT2D eigenvalue weighted by atomic mass is 16.6. The van der Waals surface area contributed by atoms with Crippen LogP contribution in [0.25, 0.3) is 33.4 Å². The summed E-state index contributed by atoms with van der Waals surface area (Å²) in [4.78, 5) is 111. The number of nitrogens with two attached hydrogens (primary N) is 3. The minimum absolute atomic E-state index is 0.0168. The molecular weight excluding hydrogens is 1560 g/mol. The molecule has 5 aromatic rings. The van der Waals surface area contributed by atoms with Gasteiger partial charge in [0.2, 0.25) is 17.6 Å². The Kier molecular flexibility index (Phi) is 38.9. The highest BCUT2D eigenvalue weighted by molar-refractivity contribution is 6.39. The van der Waals surface area contributed by atoms with Crippen LogP contribution in [0.5, 0.6) is 0 Å². The fraction of sp³-hybridized carbons (Fsp3) is 0.667. The molecule has 0 radical (unpaired) electrons. The summed E-state index contributed by atoms with van der Waals surface area (Å²) >= 11 is 0. The van der Waals surface area contributed by atoms with E-state index >= 15 is 0 Å². The van der Waals surface area contributed by atoms with E-state index in [0.29, 0.717) is 208 Å². The van der Waals surface area contributed by atoms with Crippen LogP contribution in [0.1, 0.15) is 169 Å². The first-order chi connectivity index (χ1) is 58.3. The number of esters is 1. The Balaban J connectivity index is 0.629. The smallest absolute Gasteiger partial charge is 0.329 e.